The van der Waals surface area contributed by atoms with Crippen LogP contribution in [0, 0.1) is 11.3 Å². The first-order chi connectivity index (χ1) is 12.2. The van der Waals surface area contributed by atoms with E-state index >= 15 is 4.39 Å². The third kappa shape index (κ3) is 3.36. The minimum Gasteiger partial charge on any atom is -0.368 e. The van der Waals surface area contributed by atoms with Gasteiger partial charge in [0.1, 0.15) is 18.5 Å². The molecule has 5 atom stereocenters. The van der Waals surface area contributed by atoms with Gasteiger partial charge in [-0.3, -0.25) is 18.1 Å². The van der Waals surface area contributed by atoms with Crippen molar-refractivity contribution in [2.45, 2.75) is 44.1 Å². The van der Waals surface area contributed by atoms with E-state index in [1.807, 2.05) is 5.38 Å². The van der Waals surface area contributed by atoms with E-state index in [-0.39, 0.29) is 12.6 Å². The number of alkyl halides is 1. The number of anilines is 1. The summed E-state index contributed by atoms with van der Waals surface area (Å²) < 4.78 is 50.1. The summed E-state index contributed by atoms with van der Waals surface area (Å²) >= 11 is 5.39. The Morgan fingerprint density at radius 3 is 2.96 bits per heavy atom. The molecule has 0 aliphatic carbocycles. The molecule has 0 spiro atoms. The Morgan fingerprint density at radius 2 is 2.35 bits per heavy atom. The number of nitrogens with two attached hydrogens (primary N) is 1. The second-order valence-electron chi connectivity index (χ2n) is 5.84. The van der Waals surface area contributed by atoms with E-state index in [9.17, 15) is 9.36 Å². The van der Waals surface area contributed by atoms with Crippen LogP contribution >= 0.6 is 19.4 Å². The lowest BCUT2D eigenvalue weighted by Gasteiger charge is -2.33. The number of ether oxygens (including phenoxy) is 1. The fourth-order valence-electron chi connectivity index (χ4n) is 2.66. The number of fused-ring (bicyclic) bond motifs is 1. The third-order valence-corrected chi connectivity index (χ3v) is 5.36. The molecule has 2 N–H and O–H groups in total. The minimum atomic E-state index is -4.05. The number of hydrogen-bond acceptors (Lipinski definition) is 9. The first-order valence-corrected chi connectivity index (χ1v) is 9.31. The Bertz CT molecular complexity index is 872. The second-order valence-corrected chi connectivity index (χ2v) is 7.61. The zero-order chi connectivity index (χ0) is 19.1. The van der Waals surface area contributed by atoms with Gasteiger partial charge in [-0.05, 0) is 31.4 Å². The summed E-state index contributed by atoms with van der Waals surface area (Å²) in [5, 5.41) is 1.92. The number of aromatic nitrogens is 3. The predicted molar refractivity (Wildman–Crippen MR) is 86.7 cm³/mol. The number of halogens is 2. The Kier molecular flexibility index (Phi) is 5.09. The lowest BCUT2D eigenvalue weighted by Crippen LogP contribution is -2.47. The van der Waals surface area contributed by atoms with E-state index in [1.54, 1.807) is 13.8 Å². The van der Waals surface area contributed by atoms with Crippen LogP contribution in [0.15, 0.2) is 11.1 Å². The van der Waals surface area contributed by atoms with Crippen molar-refractivity contribution in [3.8, 4) is 11.3 Å². The van der Waals surface area contributed by atoms with E-state index in [4.69, 9.17) is 35.6 Å². The van der Waals surface area contributed by atoms with Crippen LogP contribution in [0.3, 0.4) is 0 Å². The standard InChI is InChI=1S/C13H15ClFN4O6P/c1-7(2)24-26(21)22-5-8-9(25-26)13(15,3-4-14)10(23-8)19-6-17-11(16)18-12(19)20/h6-10H,5H2,1-2H3,(H2,16,18,20)/t8-,9-,10-,13-,26?/m1/s1. The molecule has 2 aliphatic rings. The van der Waals surface area contributed by atoms with Crippen molar-refractivity contribution in [1.29, 1.82) is 0 Å². The molecule has 3 heterocycles. The molecule has 1 aromatic rings. The van der Waals surface area contributed by atoms with Gasteiger partial charge in [-0.15, -0.1) is 0 Å². The van der Waals surface area contributed by atoms with Crippen LogP contribution in [0.1, 0.15) is 20.1 Å². The fraction of sp³-hybridized carbons (Fsp3) is 0.615. The minimum absolute atomic E-state index is 0.288. The Labute approximate surface area is 152 Å². The summed E-state index contributed by atoms with van der Waals surface area (Å²) in [6.45, 7) is 2.92. The molecule has 13 heteroatoms. The molecule has 0 saturated carbocycles. The van der Waals surface area contributed by atoms with Crippen LogP contribution in [0.2, 0.25) is 0 Å². The zero-order valence-corrected chi connectivity index (χ0v) is 15.3. The average molecular weight is 409 g/mol. The largest absolute Gasteiger partial charge is 0.475 e. The molecular formula is C13H15ClFN4O6P. The van der Waals surface area contributed by atoms with Crippen LogP contribution in [-0.4, -0.2) is 45.1 Å². The Balaban J connectivity index is 2.01. The molecule has 0 aromatic carbocycles. The van der Waals surface area contributed by atoms with E-state index in [0.29, 0.717) is 0 Å². The molecule has 2 aliphatic heterocycles. The molecule has 1 unspecified atom stereocenters. The number of nitrogens with zero attached hydrogens (tertiary/aromatic N) is 3. The van der Waals surface area contributed by atoms with Gasteiger partial charge in [-0.2, -0.15) is 4.98 Å². The highest BCUT2D eigenvalue weighted by Crippen LogP contribution is 2.59. The van der Waals surface area contributed by atoms with Crippen LogP contribution in [0.4, 0.5) is 10.3 Å². The number of rotatable bonds is 3. The number of phosphoric acid groups is 1. The molecule has 2 saturated heterocycles. The highest BCUT2D eigenvalue weighted by Gasteiger charge is 2.64. The van der Waals surface area contributed by atoms with Gasteiger partial charge in [-0.25, -0.2) is 18.7 Å². The maximum absolute atomic E-state index is 15.8. The van der Waals surface area contributed by atoms with Gasteiger partial charge in [0.15, 0.2) is 6.23 Å². The van der Waals surface area contributed by atoms with Crippen LogP contribution in [0.5, 0.6) is 0 Å². The smallest absolute Gasteiger partial charge is 0.368 e. The lowest BCUT2D eigenvalue weighted by atomic mass is 9.97. The van der Waals surface area contributed by atoms with Gasteiger partial charge < -0.3 is 10.5 Å². The van der Waals surface area contributed by atoms with E-state index in [2.05, 4.69) is 15.9 Å². The molecular weight excluding hydrogens is 394 g/mol. The molecule has 0 amide bonds. The van der Waals surface area contributed by atoms with Crippen LogP contribution in [-0.2, 0) is 22.9 Å². The molecule has 10 nitrogen and oxygen atoms in total. The highest BCUT2D eigenvalue weighted by atomic mass is 35.5. The van der Waals surface area contributed by atoms with Gasteiger partial charge >= 0.3 is 13.5 Å². The summed E-state index contributed by atoms with van der Waals surface area (Å²) in [6, 6.07) is 0. The lowest BCUT2D eigenvalue weighted by molar-refractivity contribution is -0.0751. The first-order valence-electron chi connectivity index (χ1n) is 7.48. The maximum atomic E-state index is 15.8. The summed E-state index contributed by atoms with van der Waals surface area (Å²) in [6.07, 6.45) is -3.67. The van der Waals surface area contributed by atoms with Crippen LogP contribution in [0.25, 0.3) is 0 Å². The van der Waals surface area contributed by atoms with Gasteiger partial charge in [-0.1, -0.05) is 0 Å². The fourth-order valence-corrected chi connectivity index (χ4v) is 4.38. The molecule has 142 valence electrons. The molecule has 26 heavy (non-hydrogen) atoms. The van der Waals surface area contributed by atoms with Gasteiger partial charge in [0.05, 0.1) is 12.7 Å². The molecule has 0 radical (unpaired) electrons. The van der Waals surface area contributed by atoms with Crippen molar-refractivity contribution < 1.29 is 27.3 Å². The van der Waals surface area contributed by atoms with Gasteiger partial charge in [0.2, 0.25) is 11.6 Å². The first kappa shape index (κ1) is 19.2. The Morgan fingerprint density at radius 1 is 1.62 bits per heavy atom. The van der Waals surface area contributed by atoms with Crippen molar-refractivity contribution in [2.75, 3.05) is 12.3 Å². The van der Waals surface area contributed by atoms with Crippen molar-refractivity contribution in [3.05, 3.63) is 16.8 Å². The quantitative estimate of drug-likeness (QED) is 0.574. The molecule has 1 aromatic heterocycles. The van der Waals surface area contributed by atoms with E-state index < -0.39 is 43.7 Å². The molecule has 0 bridgehead atoms. The second kappa shape index (κ2) is 6.88. The zero-order valence-electron chi connectivity index (χ0n) is 13.7. The summed E-state index contributed by atoms with van der Waals surface area (Å²) in [4.78, 5) is 19.1. The molecule has 3 rings (SSSR count). The number of hydrogen-bond donors (Lipinski definition) is 1. The topological polar surface area (TPSA) is 128 Å². The van der Waals surface area contributed by atoms with E-state index in [0.717, 1.165) is 10.9 Å². The van der Waals surface area contributed by atoms with Gasteiger partial charge in [0, 0.05) is 5.38 Å². The normalized spacial score (nSPS) is 36.4. The molecule has 2 fully saturated rings. The van der Waals surface area contributed by atoms with E-state index in [1.165, 1.54) is 0 Å². The van der Waals surface area contributed by atoms with Crippen molar-refractivity contribution in [3.63, 3.8) is 0 Å². The summed E-state index contributed by atoms with van der Waals surface area (Å²) in [5.41, 5.74) is 1.78. The van der Waals surface area contributed by atoms with Crippen molar-refractivity contribution >= 4 is 25.4 Å². The highest BCUT2D eigenvalue weighted by molar-refractivity contribution is 7.48. The predicted octanol–water partition coefficient (Wildman–Crippen LogP) is 0.974. The monoisotopic (exact) mass is 408 g/mol. The summed E-state index contributed by atoms with van der Waals surface area (Å²) in [7, 11) is -4.05. The third-order valence-electron chi connectivity index (χ3n) is 3.63. The van der Waals surface area contributed by atoms with Crippen molar-refractivity contribution in [1.82, 2.24) is 14.5 Å². The number of phosphoric ester groups is 1. The van der Waals surface area contributed by atoms with Crippen LogP contribution < -0.4 is 11.4 Å². The van der Waals surface area contributed by atoms with Gasteiger partial charge in [0.25, 0.3) is 0 Å². The Hall–Kier alpha value is -1.54. The maximum Gasteiger partial charge on any atom is 0.475 e. The van der Waals surface area contributed by atoms with Crippen molar-refractivity contribution in [2.24, 2.45) is 0 Å². The SMILES string of the molecule is CC(C)OP1(=O)OC[C@H]2O[C@@H](n3cnc(N)nc3=O)[C@@](F)(C#CCl)[C@@H]2O1. The summed E-state index contributed by atoms with van der Waals surface area (Å²) in [5.74, 6) is 1.83. The number of nitrogen functional groups attached to an aromatic ring is 1. The average Bonchev–Trinajstić information content (AvgIpc) is 2.79.